The molecule has 0 amide bonds. The molecule has 9 heavy (non-hydrogen) atoms. The van der Waals surface area contributed by atoms with Crippen LogP contribution in [0, 0.1) is 0 Å². The largest absolute Gasteiger partial charge is 0.137 e. The van der Waals surface area contributed by atoms with Gasteiger partial charge in [0.1, 0.15) is 0 Å². The first-order chi connectivity index (χ1) is 4.36. The molecule has 0 radical (unpaired) electrons. The maximum absolute atomic E-state index is 3.65. The van der Waals surface area contributed by atoms with Crippen LogP contribution in [0.2, 0.25) is 0 Å². The first kappa shape index (κ1) is 6.30. The van der Waals surface area contributed by atoms with Crippen molar-refractivity contribution in [2.24, 2.45) is 0 Å². The summed E-state index contributed by atoms with van der Waals surface area (Å²) >= 11 is 1.70. The van der Waals surface area contributed by atoms with E-state index >= 15 is 0 Å². The summed E-state index contributed by atoms with van der Waals surface area (Å²) in [6, 6.07) is 4.07. The van der Waals surface area contributed by atoms with Crippen LogP contribution in [-0.2, 0) is 0 Å². The van der Waals surface area contributed by atoms with E-state index in [1.165, 1.54) is 9.75 Å². The van der Waals surface area contributed by atoms with Gasteiger partial charge in [-0.15, -0.1) is 11.3 Å². The lowest BCUT2D eigenvalue weighted by atomic mass is 10.4. The van der Waals surface area contributed by atoms with E-state index in [0.717, 1.165) is 0 Å². The Morgan fingerprint density at radius 2 is 1.56 bits per heavy atom. The van der Waals surface area contributed by atoms with Gasteiger partial charge in [0, 0.05) is 9.75 Å². The van der Waals surface area contributed by atoms with E-state index in [4.69, 9.17) is 0 Å². The summed E-state index contributed by atoms with van der Waals surface area (Å²) in [6.45, 7) is 7.31. The molecule has 0 bridgehead atoms. The Balaban J connectivity index is 2.98. The molecule has 0 saturated heterocycles. The Bertz CT molecular complexity index is 198. The summed E-state index contributed by atoms with van der Waals surface area (Å²) in [6.07, 6.45) is 3.69. The molecule has 0 spiro atoms. The number of hydrogen-bond acceptors (Lipinski definition) is 1. The van der Waals surface area contributed by atoms with E-state index in [9.17, 15) is 0 Å². The third kappa shape index (κ3) is 1.30. The molecule has 0 aliphatic heterocycles. The molecule has 0 fully saturated rings. The smallest absolute Gasteiger partial charge is 0.0270 e. The van der Waals surface area contributed by atoms with Crippen LogP contribution in [0.4, 0.5) is 0 Å². The highest BCUT2D eigenvalue weighted by Crippen LogP contribution is 2.17. The zero-order valence-corrected chi connectivity index (χ0v) is 5.95. The van der Waals surface area contributed by atoms with Crippen LogP contribution in [0.1, 0.15) is 9.75 Å². The summed E-state index contributed by atoms with van der Waals surface area (Å²) < 4.78 is 0. The van der Waals surface area contributed by atoms with Gasteiger partial charge in [0.2, 0.25) is 0 Å². The van der Waals surface area contributed by atoms with E-state index in [0.29, 0.717) is 0 Å². The minimum Gasteiger partial charge on any atom is -0.137 e. The summed E-state index contributed by atoms with van der Waals surface area (Å²) in [4.78, 5) is 2.40. The number of rotatable bonds is 2. The van der Waals surface area contributed by atoms with Crippen molar-refractivity contribution in [2.45, 2.75) is 0 Å². The Morgan fingerprint density at radius 3 is 1.78 bits per heavy atom. The zero-order valence-electron chi connectivity index (χ0n) is 5.13. The van der Waals surface area contributed by atoms with Gasteiger partial charge in [-0.1, -0.05) is 25.3 Å². The van der Waals surface area contributed by atoms with Crippen LogP contribution in [-0.4, -0.2) is 0 Å². The topological polar surface area (TPSA) is 0 Å². The van der Waals surface area contributed by atoms with Crippen molar-refractivity contribution in [3.63, 3.8) is 0 Å². The molecule has 1 heteroatoms. The highest BCUT2D eigenvalue weighted by molar-refractivity contribution is 7.13. The first-order valence-corrected chi connectivity index (χ1v) is 3.53. The molecule has 0 aromatic carbocycles. The summed E-state index contributed by atoms with van der Waals surface area (Å²) in [5, 5.41) is 0. The highest BCUT2D eigenvalue weighted by atomic mass is 32.1. The zero-order chi connectivity index (χ0) is 6.69. The molecule has 46 valence electrons. The summed E-state index contributed by atoms with van der Waals surface area (Å²) in [5.74, 6) is 0. The number of thiophene rings is 1. The van der Waals surface area contributed by atoms with E-state index in [2.05, 4.69) is 13.2 Å². The maximum atomic E-state index is 3.65. The van der Waals surface area contributed by atoms with Crippen molar-refractivity contribution in [3.05, 3.63) is 35.0 Å². The van der Waals surface area contributed by atoms with Crippen LogP contribution < -0.4 is 0 Å². The molecular weight excluding hydrogens is 128 g/mol. The standard InChI is InChI=1S/C8H8S/c1-3-7-5-6-8(4-2)9-7/h3-6H,1-2H2. The van der Waals surface area contributed by atoms with Gasteiger partial charge in [-0.25, -0.2) is 0 Å². The summed E-state index contributed by atoms with van der Waals surface area (Å²) in [7, 11) is 0. The molecule has 1 aromatic heterocycles. The van der Waals surface area contributed by atoms with Crippen molar-refractivity contribution in [1.82, 2.24) is 0 Å². The van der Waals surface area contributed by atoms with Crippen LogP contribution in [0.3, 0.4) is 0 Å². The highest BCUT2D eigenvalue weighted by Gasteiger charge is 1.89. The average molecular weight is 136 g/mol. The predicted molar refractivity (Wildman–Crippen MR) is 44.5 cm³/mol. The lowest BCUT2D eigenvalue weighted by Gasteiger charge is -1.76. The van der Waals surface area contributed by atoms with Gasteiger partial charge in [-0.2, -0.15) is 0 Å². The predicted octanol–water partition coefficient (Wildman–Crippen LogP) is 3.03. The minimum absolute atomic E-state index is 1.20. The average Bonchev–Trinajstić information content (AvgIpc) is 2.34. The Labute approximate surface area is 59.2 Å². The quantitative estimate of drug-likeness (QED) is 0.586. The van der Waals surface area contributed by atoms with Gasteiger partial charge in [-0.3, -0.25) is 0 Å². The lowest BCUT2D eigenvalue weighted by molar-refractivity contribution is 1.93. The van der Waals surface area contributed by atoms with Gasteiger partial charge in [0.25, 0.3) is 0 Å². The summed E-state index contributed by atoms with van der Waals surface area (Å²) in [5.41, 5.74) is 0. The van der Waals surface area contributed by atoms with Crippen molar-refractivity contribution in [2.75, 3.05) is 0 Å². The molecule has 1 heterocycles. The van der Waals surface area contributed by atoms with Gasteiger partial charge in [0.15, 0.2) is 0 Å². The van der Waals surface area contributed by atoms with Gasteiger partial charge in [-0.05, 0) is 12.1 Å². The van der Waals surface area contributed by atoms with E-state index in [1.807, 2.05) is 24.3 Å². The Hall–Kier alpha value is -0.820. The Kier molecular flexibility index (Phi) is 1.85. The second-order valence-electron chi connectivity index (χ2n) is 1.65. The first-order valence-electron chi connectivity index (χ1n) is 2.71. The monoisotopic (exact) mass is 136 g/mol. The fraction of sp³-hybridized carbons (Fsp3) is 0. The fourth-order valence-corrected chi connectivity index (χ4v) is 1.30. The van der Waals surface area contributed by atoms with E-state index < -0.39 is 0 Å². The van der Waals surface area contributed by atoms with Crippen molar-refractivity contribution < 1.29 is 0 Å². The molecule has 1 aromatic rings. The van der Waals surface area contributed by atoms with Gasteiger partial charge in [0.05, 0.1) is 0 Å². The minimum atomic E-state index is 1.20. The van der Waals surface area contributed by atoms with Crippen LogP contribution in [0.25, 0.3) is 12.2 Å². The van der Waals surface area contributed by atoms with Crippen LogP contribution in [0.5, 0.6) is 0 Å². The maximum Gasteiger partial charge on any atom is 0.0270 e. The van der Waals surface area contributed by atoms with Crippen LogP contribution in [0.15, 0.2) is 25.3 Å². The SMILES string of the molecule is C=Cc1ccc(C=C)s1. The molecule has 0 saturated carbocycles. The third-order valence-electron chi connectivity index (χ3n) is 1.05. The van der Waals surface area contributed by atoms with Crippen molar-refractivity contribution in [1.29, 1.82) is 0 Å². The fourth-order valence-electron chi connectivity index (χ4n) is 0.588. The molecule has 0 unspecified atom stereocenters. The normalized spacial score (nSPS) is 8.89. The van der Waals surface area contributed by atoms with Gasteiger partial charge < -0.3 is 0 Å². The molecule has 0 aliphatic rings. The number of hydrogen-bond donors (Lipinski definition) is 0. The lowest BCUT2D eigenvalue weighted by Crippen LogP contribution is -1.47. The van der Waals surface area contributed by atoms with E-state index in [1.54, 1.807) is 11.3 Å². The molecule has 0 aliphatic carbocycles. The molecule has 1 rings (SSSR count). The second kappa shape index (κ2) is 2.65. The van der Waals surface area contributed by atoms with Gasteiger partial charge >= 0.3 is 0 Å². The van der Waals surface area contributed by atoms with Crippen molar-refractivity contribution in [3.8, 4) is 0 Å². The third-order valence-corrected chi connectivity index (χ3v) is 2.13. The molecular formula is C8H8S. The molecule has 0 nitrogen and oxygen atoms in total. The molecule has 0 N–H and O–H groups in total. The van der Waals surface area contributed by atoms with E-state index in [-0.39, 0.29) is 0 Å². The second-order valence-corrected chi connectivity index (χ2v) is 2.80. The van der Waals surface area contributed by atoms with Crippen molar-refractivity contribution >= 4 is 23.5 Å². The molecule has 0 atom stereocenters. The van der Waals surface area contributed by atoms with Crippen LogP contribution >= 0.6 is 11.3 Å². The Morgan fingerprint density at radius 1 is 1.11 bits per heavy atom.